The summed E-state index contributed by atoms with van der Waals surface area (Å²) in [6, 6.07) is 3.93. The summed E-state index contributed by atoms with van der Waals surface area (Å²) in [6.07, 6.45) is 4.01. The molecule has 3 heterocycles. The average Bonchev–Trinajstić information content (AvgIpc) is 2.71. The van der Waals surface area contributed by atoms with Crippen molar-refractivity contribution in [2.24, 2.45) is 4.99 Å². The summed E-state index contributed by atoms with van der Waals surface area (Å²) < 4.78 is 0. The maximum atomic E-state index is 5.60. The smallest absolute Gasteiger partial charge is 0.123 e. The van der Waals surface area contributed by atoms with Gasteiger partial charge in [0.05, 0.1) is 0 Å². The minimum absolute atomic E-state index is 0.585. The molecule has 0 atom stereocenters. The van der Waals surface area contributed by atoms with E-state index in [0.717, 1.165) is 32.5 Å². The molecule has 3 rings (SSSR count). The summed E-state index contributed by atoms with van der Waals surface area (Å²) in [5.74, 6) is 0.585. The molecule has 0 radical (unpaired) electrons. The van der Waals surface area contributed by atoms with Crippen LogP contribution in [0.2, 0.25) is 0 Å². The van der Waals surface area contributed by atoms with Gasteiger partial charge in [0, 0.05) is 50.1 Å². The number of rotatable bonds is 2. The van der Waals surface area contributed by atoms with Crippen LogP contribution in [0.1, 0.15) is 25.3 Å². The molecule has 0 fully saturated rings. The molecule has 0 aromatic carbocycles. The number of hydrogen-bond donors (Lipinski definition) is 1. The van der Waals surface area contributed by atoms with Crippen molar-refractivity contribution < 1.29 is 0 Å². The van der Waals surface area contributed by atoms with Crippen LogP contribution in [0, 0.1) is 0 Å². The van der Waals surface area contributed by atoms with Crippen LogP contribution in [0.25, 0.3) is 0 Å². The Morgan fingerprint density at radius 3 is 3.06 bits per heavy atom. The summed E-state index contributed by atoms with van der Waals surface area (Å²) in [7, 11) is 0. The molecule has 1 aromatic heterocycles. The first-order valence-corrected chi connectivity index (χ1v) is 6.38. The molecule has 2 aliphatic rings. The van der Waals surface area contributed by atoms with Crippen molar-refractivity contribution in [3.05, 3.63) is 35.2 Å². The molecule has 0 bridgehead atoms. The highest BCUT2D eigenvalue weighted by Crippen LogP contribution is 2.28. The van der Waals surface area contributed by atoms with Gasteiger partial charge in [-0.25, -0.2) is 4.98 Å². The first kappa shape index (κ1) is 11.4. The van der Waals surface area contributed by atoms with Gasteiger partial charge in [0.1, 0.15) is 5.82 Å². The molecular formula is C14H18N4. The monoisotopic (exact) mass is 242 g/mol. The van der Waals surface area contributed by atoms with E-state index in [0.29, 0.717) is 5.82 Å². The Bertz CT molecular complexity index is 513. The Hall–Kier alpha value is -1.68. The van der Waals surface area contributed by atoms with E-state index in [9.17, 15) is 0 Å². The number of nitrogens with two attached hydrogens (primary N) is 1. The highest BCUT2D eigenvalue weighted by atomic mass is 15.1. The Balaban J connectivity index is 1.65. The van der Waals surface area contributed by atoms with Crippen LogP contribution >= 0.6 is 0 Å². The third-order valence-corrected chi connectivity index (χ3v) is 3.54. The van der Waals surface area contributed by atoms with Gasteiger partial charge in [-0.15, -0.1) is 0 Å². The van der Waals surface area contributed by atoms with Crippen LogP contribution in [0.15, 0.2) is 34.6 Å². The average molecular weight is 242 g/mol. The summed E-state index contributed by atoms with van der Waals surface area (Å²) in [5, 5.41) is 0. The van der Waals surface area contributed by atoms with Gasteiger partial charge in [-0.1, -0.05) is 6.07 Å². The van der Waals surface area contributed by atoms with Crippen molar-refractivity contribution >= 4 is 11.5 Å². The molecule has 0 aliphatic carbocycles. The summed E-state index contributed by atoms with van der Waals surface area (Å²) in [4.78, 5) is 11.2. The molecule has 4 nitrogen and oxygen atoms in total. The molecule has 0 saturated heterocycles. The predicted octanol–water partition coefficient (Wildman–Crippen LogP) is 1.99. The lowest BCUT2D eigenvalue weighted by Gasteiger charge is -2.27. The Kier molecular flexibility index (Phi) is 2.88. The molecule has 0 saturated carbocycles. The molecule has 94 valence electrons. The van der Waals surface area contributed by atoms with E-state index in [1.54, 1.807) is 0 Å². The highest BCUT2D eigenvalue weighted by molar-refractivity contribution is 5.88. The Labute approximate surface area is 107 Å². The van der Waals surface area contributed by atoms with Gasteiger partial charge >= 0.3 is 0 Å². The van der Waals surface area contributed by atoms with Crippen LogP contribution in [-0.2, 0) is 6.54 Å². The maximum absolute atomic E-state index is 5.60. The molecule has 4 heteroatoms. The van der Waals surface area contributed by atoms with Crippen LogP contribution in [0.4, 0.5) is 5.82 Å². The van der Waals surface area contributed by atoms with Crippen LogP contribution < -0.4 is 5.73 Å². The van der Waals surface area contributed by atoms with Gasteiger partial charge in [0.2, 0.25) is 0 Å². The molecule has 2 aliphatic heterocycles. The Morgan fingerprint density at radius 2 is 2.28 bits per heavy atom. The second-order valence-corrected chi connectivity index (χ2v) is 5.13. The molecule has 18 heavy (non-hydrogen) atoms. The Morgan fingerprint density at radius 1 is 1.39 bits per heavy atom. The van der Waals surface area contributed by atoms with E-state index in [-0.39, 0.29) is 0 Å². The number of nitrogen functional groups attached to an aromatic ring is 1. The van der Waals surface area contributed by atoms with Crippen molar-refractivity contribution in [1.82, 2.24) is 9.88 Å². The number of hydrogen-bond acceptors (Lipinski definition) is 4. The SMILES string of the molecule is CC1=NC2=C(C1)CN(Cc1ccc(N)nc1)CC2. The summed E-state index contributed by atoms with van der Waals surface area (Å²) in [6.45, 7) is 5.19. The fraction of sp³-hybridized carbons (Fsp3) is 0.429. The van der Waals surface area contributed by atoms with Crippen molar-refractivity contribution in [1.29, 1.82) is 0 Å². The molecular weight excluding hydrogens is 224 g/mol. The molecule has 1 aromatic rings. The molecule has 2 N–H and O–H groups in total. The lowest BCUT2D eigenvalue weighted by Crippen LogP contribution is -2.30. The third-order valence-electron chi connectivity index (χ3n) is 3.54. The third kappa shape index (κ3) is 2.29. The summed E-state index contributed by atoms with van der Waals surface area (Å²) in [5.41, 5.74) is 10.9. The van der Waals surface area contributed by atoms with Gasteiger partial charge in [0.25, 0.3) is 0 Å². The van der Waals surface area contributed by atoms with E-state index >= 15 is 0 Å². The van der Waals surface area contributed by atoms with Gasteiger partial charge in [-0.2, -0.15) is 0 Å². The molecule has 0 spiro atoms. The quantitative estimate of drug-likeness (QED) is 0.863. The largest absolute Gasteiger partial charge is 0.384 e. The van der Waals surface area contributed by atoms with E-state index in [1.165, 1.54) is 22.5 Å². The second-order valence-electron chi connectivity index (χ2n) is 5.13. The zero-order valence-corrected chi connectivity index (χ0v) is 10.7. The topological polar surface area (TPSA) is 54.5 Å². The number of aromatic nitrogens is 1. The molecule has 0 unspecified atom stereocenters. The van der Waals surface area contributed by atoms with E-state index in [2.05, 4.69) is 27.9 Å². The summed E-state index contributed by atoms with van der Waals surface area (Å²) >= 11 is 0. The van der Waals surface area contributed by atoms with Crippen LogP contribution in [0.5, 0.6) is 0 Å². The number of anilines is 1. The minimum Gasteiger partial charge on any atom is -0.384 e. The zero-order chi connectivity index (χ0) is 12.5. The van der Waals surface area contributed by atoms with E-state index in [4.69, 9.17) is 5.73 Å². The number of aliphatic imine (C=N–C) groups is 1. The van der Waals surface area contributed by atoms with Crippen molar-refractivity contribution in [2.75, 3.05) is 18.8 Å². The molecule has 0 amide bonds. The lowest BCUT2D eigenvalue weighted by atomic mass is 10.0. The highest BCUT2D eigenvalue weighted by Gasteiger charge is 2.22. The van der Waals surface area contributed by atoms with Gasteiger partial charge in [0.15, 0.2) is 0 Å². The van der Waals surface area contributed by atoms with Crippen molar-refractivity contribution in [3.63, 3.8) is 0 Å². The standard InChI is InChI=1S/C14H18N4/c1-10-6-12-9-18(5-4-13(12)17-10)8-11-2-3-14(15)16-7-11/h2-3,7H,4-6,8-9H2,1H3,(H2,15,16). The normalized spacial score (nSPS) is 19.9. The van der Waals surface area contributed by atoms with E-state index in [1.807, 2.05) is 12.3 Å². The van der Waals surface area contributed by atoms with Crippen molar-refractivity contribution in [2.45, 2.75) is 26.3 Å². The van der Waals surface area contributed by atoms with Gasteiger partial charge in [-0.05, 0) is 24.1 Å². The van der Waals surface area contributed by atoms with Crippen LogP contribution in [0.3, 0.4) is 0 Å². The minimum atomic E-state index is 0.585. The first-order valence-electron chi connectivity index (χ1n) is 6.38. The fourth-order valence-electron chi connectivity index (χ4n) is 2.68. The van der Waals surface area contributed by atoms with Gasteiger partial charge < -0.3 is 5.73 Å². The van der Waals surface area contributed by atoms with Crippen LogP contribution in [-0.4, -0.2) is 28.7 Å². The predicted molar refractivity (Wildman–Crippen MR) is 73.3 cm³/mol. The lowest BCUT2D eigenvalue weighted by molar-refractivity contribution is 0.276. The zero-order valence-electron chi connectivity index (χ0n) is 10.7. The fourth-order valence-corrected chi connectivity index (χ4v) is 2.68. The number of nitrogens with zero attached hydrogens (tertiary/aromatic N) is 3. The van der Waals surface area contributed by atoms with E-state index < -0.39 is 0 Å². The van der Waals surface area contributed by atoms with Crippen molar-refractivity contribution in [3.8, 4) is 0 Å². The second kappa shape index (κ2) is 4.53. The van der Waals surface area contributed by atoms with Gasteiger partial charge in [-0.3, -0.25) is 9.89 Å². The first-order chi connectivity index (χ1) is 8.70. The maximum Gasteiger partial charge on any atom is 0.123 e. The number of pyridine rings is 1.